The zero-order valence-corrected chi connectivity index (χ0v) is 17.1. The molecule has 3 aromatic carbocycles. The van der Waals surface area contributed by atoms with Crippen LogP contribution in [0.25, 0.3) is 0 Å². The molecule has 1 N–H and O–H groups in total. The highest BCUT2D eigenvalue weighted by atomic mass is 32.5. The number of nitrogens with zero attached hydrogens (tertiary/aromatic N) is 1. The summed E-state index contributed by atoms with van der Waals surface area (Å²) in [6.45, 7) is 0. The van der Waals surface area contributed by atoms with Crippen LogP contribution in [0.3, 0.4) is 0 Å². The molecular formula is C18H13F10NOS2. The monoisotopic (exact) mass is 513 g/mol. The summed E-state index contributed by atoms with van der Waals surface area (Å²) in [5.41, 5.74) is -0.300. The highest BCUT2D eigenvalue weighted by Gasteiger charge is 2.66. The van der Waals surface area contributed by atoms with Crippen LogP contribution < -0.4 is 4.90 Å². The van der Waals surface area contributed by atoms with Crippen LogP contribution >= 0.6 is 20.4 Å². The van der Waals surface area contributed by atoms with Crippen LogP contribution in [-0.2, 0) is 0 Å². The fraction of sp³-hybridized carbons (Fsp3) is 0. The molecule has 32 heavy (non-hydrogen) atoms. The number of aromatic hydroxyl groups is 1. The van der Waals surface area contributed by atoms with Crippen LogP contribution in [0, 0.1) is 0 Å². The second-order valence-electron chi connectivity index (χ2n) is 6.78. The van der Waals surface area contributed by atoms with E-state index in [0.29, 0.717) is 24.3 Å². The first-order valence-corrected chi connectivity index (χ1v) is 12.2. The third-order valence-corrected chi connectivity index (χ3v) is 6.51. The van der Waals surface area contributed by atoms with Crippen molar-refractivity contribution in [3.8, 4) is 5.75 Å². The number of halogens is 10. The molecule has 0 saturated heterocycles. The lowest BCUT2D eigenvalue weighted by Crippen LogP contribution is -2.12. The summed E-state index contributed by atoms with van der Waals surface area (Å²) in [4.78, 5) is -3.34. The van der Waals surface area contributed by atoms with E-state index in [1.54, 1.807) is 0 Å². The van der Waals surface area contributed by atoms with Crippen molar-refractivity contribution in [1.29, 1.82) is 0 Å². The van der Waals surface area contributed by atoms with Crippen LogP contribution in [-0.4, -0.2) is 5.11 Å². The van der Waals surface area contributed by atoms with Gasteiger partial charge in [0.2, 0.25) is 0 Å². The first kappa shape index (κ1) is 23.9. The summed E-state index contributed by atoms with van der Waals surface area (Å²) in [5, 5.41) is 9.42. The Balaban J connectivity index is 2.14. The van der Waals surface area contributed by atoms with E-state index in [9.17, 15) is 44.0 Å². The van der Waals surface area contributed by atoms with Crippen LogP contribution in [0.1, 0.15) is 0 Å². The molecule has 0 saturated carbocycles. The summed E-state index contributed by atoms with van der Waals surface area (Å²) in [7, 11) is -19.9. The highest BCUT2D eigenvalue weighted by molar-refractivity contribution is 8.46. The zero-order chi connectivity index (χ0) is 24.3. The summed E-state index contributed by atoms with van der Waals surface area (Å²) < 4.78 is 130. The van der Waals surface area contributed by atoms with Crippen molar-refractivity contribution < 1.29 is 44.0 Å². The molecule has 0 bridgehead atoms. The highest BCUT2D eigenvalue weighted by Crippen LogP contribution is 3.02. The Morgan fingerprint density at radius 1 is 0.438 bits per heavy atom. The van der Waals surface area contributed by atoms with Gasteiger partial charge in [0.15, 0.2) is 0 Å². The molecule has 0 aliphatic carbocycles. The summed E-state index contributed by atoms with van der Waals surface area (Å²) in [5.74, 6) is -0.221. The minimum absolute atomic E-state index is 0.0861. The normalized spacial score (nSPS) is 16.9. The Hall–Kier alpha value is -2.74. The SMILES string of the molecule is Oc1ccc(N(c2ccc(S(F)(F)(F)(F)F)cc2)c2ccc(S(F)(F)(F)(F)F)cc2)cc1. The molecule has 0 spiro atoms. The van der Waals surface area contributed by atoms with Gasteiger partial charge in [-0.2, -0.15) is 0 Å². The largest absolute Gasteiger partial charge is 0.508 e. The van der Waals surface area contributed by atoms with E-state index < -0.39 is 30.2 Å². The lowest BCUT2D eigenvalue weighted by atomic mass is 10.2. The van der Waals surface area contributed by atoms with Crippen molar-refractivity contribution in [3.63, 3.8) is 0 Å². The van der Waals surface area contributed by atoms with Crippen LogP contribution in [0.15, 0.2) is 82.6 Å². The van der Waals surface area contributed by atoms with Gasteiger partial charge in [-0.1, -0.05) is 38.9 Å². The van der Waals surface area contributed by atoms with E-state index in [0.717, 1.165) is 17.0 Å². The van der Waals surface area contributed by atoms with Gasteiger partial charge in [0.25, 0.3) is 0 Å². The van der Waals surface area contributed by atoms with Gasteiger partial charge in [0, 0.05) is 17.1 Å². The average Bonchev–Trinajstić information content (AvgIpc) is 2.61. The molecule has 3 rings (SSSR count). The van der Waals surface area contributed by atoms with Crippen molar-refractivity contribution in [2.24, 2.45) is 0 Å². The zero-order valence-electron chi connectivity index (χ0n) is 15.4. The van der Waals surface area contributed by atoms with Crippen LogP contribution in [0.4, 0.5) is 55.9 Å². The van der Waals surface area contributed by atoms with E-state index in [-0.39, 0.29) is 47.1 Å². The Kier molecular flexibility index (Phi) is 4.32. The molecule has 0 radical (unpaired) electrons. The number of benzene rings is 3. The molecule has 2 nitrogen and oxygen atoms in total. The molecule has 14 heteroatoms. The third kappa shape index (κ3) is 5.35. The van der Waals surface area contributed by atoms with Gasteiger partial charge in [0.1, 0.15) is 15.5 Å². The molecule has 3 aromatic rings. The minimum atomic E-state index is -9.97. The molecule has 0 fully saturated rings. The number of phenolic OH excluding ortho intramolecular Hbond substituents is 1. The maximum absolute atomic E-state index is 13.0. The number of rotatable bonds is 5. The van der Waals surface area contributed by atoms with E-state index >= 15 is 0 Å². The predicted octanol–water partition coefficient (Wildman–Crippen LogP) is 10.2. The van der Waals surface area contributed by atoms with Gasteiger partial charge >= 0.3 is 20.4 Å². The third-order valence-electron chi connectivity index (χ3n) is 4.19. The quantitative estimate of drug-likeness (QED) is 0.343. The molecule has 0 aliphatic rings. The van der Waals surface area contributed by atoms with Gasteiger partial charge in [-0.15, -0.1) is 0 Å². The first-order valence-electron chi connectivity index (χ1n) is 8.31. The van der Waals surface area contributed by atoms with Gasteiger partial charge in [-0.05, 0) is 72.8 Å². The van der Waals surface area contributed by atoms with Crippen molar-refractivity contribution in [2.45, 2.75) is 9.79 Å². The van der Waals surface area contributed by atoms with Gasteiger partial charge in [0.05, 0.1) is 0 Å². The average molecular weight is 513 g/mol. The first-order chi connectivity index (χ1) is 14.0. The maximum Gasteiger partial charge on any atom is 0.310 e. The number of anilines is 3. The topological polar surface area (TPSA) is 23.5 Å². The lowest BCUT2D eigenvalue weighted by Gasteiger charge is -2.41. The van der Waals surface area contributed by atoms with Crippen LogP contribution in [0.2, 0.25) is 0 Å². The molecule has 0 heterocycles. The van der Waals surface area contributed by atoms with Gasteiger partial charge < -0.3 is 10.0 Å². The minimum Gasteiger partial charge on any atom is -0.508 e. The lowest BCUT2D eigenvalue weighted by molar-refractivity contribution is 0.360. The smallest absolute Gasteiger partial charge is 0.310 e. The Bertz CT molecular complexity index is 1080. The standard InChI is InChI=1S/C18H13F10NOS2/c19-31(20,21,22,23)17-9-3-14(4-10-17)29(13-1-7-16(30)8-2-13)15-5-11-18(12-6-15)32(24,25,26,27)28/h1-12,30H. The summed E-state index contributed by atoms with van der Waals surface area (Å²) in [6.07, 6.45) is 0. The van der Waals surface area contributed by atoms with E-state index in [4.69, 9.17) is 0 Å². The van der Waals surface area contributed by atoms with E-state index in [1.165, 1.54) is 12.1 Å². The Labute approximate surface area is 175 Å². The van der Waals surface area contributed by atoms with Crippen molar-refractivity contribution in [1.82, 2.24) is 0 Å². The van der Waals surface area contributed by atoms with Gasteiger partial charge in [-0.25, -0.2) is 0 Å². The van der Waals surface area contributed by atoms with E-state index in [2.05, 4.69) is 0 Å². The second-order valence-corrected chi connectivity index (χ2v) is 11.6. The Morgan fingerprint density at radius 3 is 0.938 bits per heavy atom. The van der Waals surface area contributed by atoms with Crippen molar-refractivity contribution >= 4 is 37.5 Å². The van der Waals surface area contributed by atoms with E-state index in [1.807, 2.05) is 0 Å². The molecule has 178 valence electrons. The number of hydrogen-bond acceptors (Lipinski definition) is 2. The Morgan fingerprint density at radius 2 is 0.688 bits per heavy atom. The molecule has 0 unspecified atom stereocenters. The van der Waals surface area contributed by atoms with Crippen molar-refractivity contribution in [3.05, 3.63) is 72.8 Å². The van der Waals surface area contributed by atoms with Crippen LogP contribution in [0.5, 0.6) is 5.75 Å². The summed E-state index contributed by atoms with van der Waals surface area (Å²) in [6, 6.07) is 7.77. The fourth-order valence-electron chi connectivity index (χ4n) is 2.75. The van der Waals surface area contributed by atoms with Crippen molar-refractivity contribution in [2.75, 3.05) is 4.90 Å². The molecule has 0 aromatic heterocycles. The molecular weight excluding hydrogens is 500 g/mol. The number of phenols is 1. The predicted molar refractivity (Wildman–Crippen MR) is 106 cm³/mol. The molecule has 0 aliphatic heterocycles. The number of hydrogen-bond donors (Lipinski definition) is 1. The molecule has 0 amide bonds. The summed E-state index contributed by atoms with van der Waals surface area (Å²) >= 11 is 0. The maximum atomic E-state index is 13.0. The molecule has 0 atom stereocenters. The fourth-order valence-corrected chi connectivity index (χ4v) is 4.05. The van der Waals surface area contributed by atoms with Gasteiger partial charge in [-0.3, -0.25) is 0 Å². The second kappa shape index (κ2) is 5.78.